The van der Waals surface area contributed by atoms with Crippen molar-refractivity contribution in [2.75, 3.05) is 12.4 Å². The summed E-state index contributed by atoms with van der Waals surface area (Å²) in [6.07, 6.45) is 2.24. The molecule has 0 atom stereocenters. The number of nitrogens with zero attached hydrogens (tertiary/aromatic N) is 1. The van der Waals surface area contributed by atoms with Crippen molar-refractivity contribution in [1.29, 1.82) is 0 Å². The largest absolute Gasteiger partial charge is 0.498 e. The third-order valence-corrected chi connectivity index (χ3v) is 5.33. The number of aryl methyl sites for hydroxylation is 1. The summed E-state index contributed by atoms with van der Waals surface area (Å²) >= 11 is 7.66. The summed E-state index contributed by atoms with van der Waals surface area (Å²) in [5, 5.41) is 1.57. The van der Waals surface area contributed by atoms with E-state index in [4.69, 9.17) is 20.9 Å². The Kier molecular flexibility index (Phi) is 6.02. The summed E-state index contributed by atoms with van der Waals surface area (Å²) < 4.78 is 39.3. The third kappa shape index (κ3) is 5.17. The summed E-state index contributed by atoms with van der Waals surface area (Å²) in [6, 6.07) is 5.62. The van der Waals surface area contributed by atoms with Crippen molar-refractivity contribution in [1.82, 2.24) is 0 Å². The Balaban J connectivity index is 2.40. The molecule has 1 aromatic heterocycles. The predicted octanol–water partition coefficient (Wildman–Crippen LogP) is 3.52. The molecule has 0 spiro atoms. The zero-order valence-corrected chi connectivity index (χ0v) is 15.3. The topological polar surface area (TPSA) is 67.5 Å². The number of hydrogen-bond donors (Lipinski definition) is 1. The average Bonchev–Trinajstić information content (AvgIpc) is 2.75. The summed E-state index contributed by atoms with van der Waals surface area (Å²) in [7, 11) is -3.96. The van der Waals surface area contributed by atoms with Crippen molar-refractivity contribution < 1.29 is 22.3 Å². The Morgan fingerprint density at radius 1 is 1.48 bits per heavy atom. The highest BCUT2D eigenvalue weighted by molar-refractivity contribution is 7.85. The van der Waals surface area contributed by atoms with Crippen LogP contribution in [-0.2, 0) is 21.4 Å². The highest BCUT2D eigenvalue weighted by Crippen LogP contribution is 2.25. The van der Waals surface area contributed by atoms with Gasteiger partial charge in [-0.15, -0.1) is 0 Å². The van der Waals surface area contributed by atoms with Crippen molar-refractivity contribution in [2.45, 2.75) is 26.8 Å². The van der Waals surface area contributed by atoms with Crippen molar-refractivity contribution >= 4 is 49.3 Å². The molecule has 5 nitrogen and oxygen atoms in total. The number of allylic oxidation sites excluding steroid dienone is 1. The summed E-state index contributed by atoms with van der Waals surface area (Å²) in [5.74, 6) is 0.513. The molecule has 1 heterocycles. The highest BCUT2D eigenvalue weighted by atomic mass is 35.5. The van der Waals surface area contributed by atoms with Gasteiger partial charge in [0.15, 0.2) is 6.54 Å². The van der Waals surface area contributed by atoms with E-state index in [2.05, 4.69) is 0 Å². The minimum Gasteiger partial charge on any atom is -0.498 e. The van der Waals surface area contributed by atoms with Gasteiger partial charge in [-0.05, 0) is 26.0 Å². The van der Waals surface area contributed by atoms with Gasteiger partial charge in [0.05, 0.1) is 18.4 Å². The molecule has 0 fully saturated rings. The molecule has 2 rings (SSSR count). The lowest BCUT2D eigenvalue weighted by Crippen LogP contribution is -2.36. The van der Waals surface area contributed by atoms with Gasteiger partial charge < -0.3 is 4.74 Å². The molecule has 1 N–H and O–H groups in total. The molecular weight excluding hydrogens is 358 g/mol. The molecule has 0 bridgehead atoms. The first-order valence-electron chi connectivity index (χ1n) is 7.18. The van der Waals surface area contributed by atoms with Crippen LogP contribution in [0.4, 0.5) is 0 Å². The van der Waals surface area contributed by atoms with Gasteiger partial charge in [-0.2, -0.15) is 13.0 Å². The van der Waals surface area contributed by atoms with Crippen LogP contribution in [0.5, 0.6) is 0 Å². The van der Waals surface area contributed by atoms with E-state index in [-0.39, 0.29) is 5.75 Å². The van der Waals surface area contributed by atoms with Gasteiger partial charge in [0.1, 0.15) is 10.5 Å². The lowest BCUT2D eigenvalue weighted by Gasteiger charge is -2.01. The summed E-state index contributed by atoms with van der Waals surface area (Å²) in [4.78, 5) is 0. The number of aromatic nitrogens is 1. The second-order valence-electron chi connectivity index (χ2n) is 5.03. The molecule has 126 valence electrons. The molecule has 0 amide bonds. The second kappa shape index (κ2) is 7.61. The van der Waals surface area contributed by atoms with Crippen LogP contribution < -0.4 is 4.57 Å². The Bertz CT molecular complexity index is 827. The maximum absolute atomic E-state index is 10.9. The van der Waals surface area contributed by atoms with Crippen molar-refractivity contribution in [3.8, 4) is 0 Å². The predicted molar refractivity (Wildman–Crippen MR) is 93.3 cm³/mol. The molecule has 0 unspecified atom stereocenters. The smallest absolute Gasteiger partial charge is 0.266 e. The maximum Gasteiger partial charge on any atom is 0.266 e. The van der Waals surface area contributed by atoms with Crippen molar-refractivity contribution in [3.63, 3.8) is 0 Å². The molecule has 0 aliphatic heterocycles. The van der Waals surface area contributed by atoms with Gasteiger partial charge in [0.2, 0.25) is 5.52 Å². The fourth-order valence-corrected chi connectivity index (χ4v) is 4.08. The SMILES string of the molecule is CCOC(C)=Cc1sc2ccc(Cl)cc2[n+]1CCCS(=O)(=O)O. The Hall–Kier alpha value is -1.15. The Morgan fingerprint density at radius 2 is 2.22 bits per heavy atom. The minimum absolute atomic E-state index is 0.272. The van der Waals surface area contributed by atoms with E-state index < -0.39 is 10.1 Å². The number of fused-ring (bicyclic) bond motifs is 1. The molecule has 2 aromatic rings. The van der Waals surface area contributed by atoms with Crippen LogP contribution in [0, 0.1) is 0 Å². The monoisotopic (exact) mass is 376 g/mol. The molecule has 0 saturated carbocycles. The van der Waals surface area contributed by atoms with Crippen LogP contribution in [0.1, 0.15) is 25.3 Å². The third-order valence-electron chi connectivity index (χ3n) is 3.18. The lowest BCUT2D eigenvalue weighted by molar-refractivity contribution is -0.668. The lowest BCUT2D eigenvalue weighted by atomic mass is 10.3. The van der Waals surface area contributed by atoms with E-state index in [0.29, 0.717) is 24.6 Å². The van der Waals surface area contributed by atoms with Crippen LogP contribution >= 0.6 is 22.9 Å². The molecule has 0 saturated heterocycles. The van der Waals surface area contributed by atoms with Gasteiger partial charge in [-0.3, -0.25) is 4.55 Å². The highest BCUT2D eigenvalue weighted by Gasteiger charge is 2.20. The van der Waals surface area contributed by atoms with Crippen LogP contribution in [0.25, 0.3) is 16.3 Å². The van der Waals surface area contributed by atoms with Crippen molar-refractivity contribution in [3.05, 3.63) is 34.0 Å². The molecule has 23 heavy (non-hydrogen) atoms. The fourth-order valence-electron chi connectivity index (χ4n) is 2.26. The zero-order valence-electron chi connectivity index (χ0n) is 13.0. The van der Waals surface area contributed by atoms with Crippen LogP contribution in [0.15, 0.2) is 24.0 Å². The average molecular weight is 377 g/mol. The van der Waals surface area contributed by atoms with E-state index in [0.717, 1.165) is 21.0 Å². The van der Waals surface area contributed by atoms with E-state index in [1.165, 1.54) is 0 Å². The summed E-state index contributed by atoms with van der Waals surface area (Å²) in [6.45, 7) is 4.85. The number of benzene rings is 1. The van der Waals surface area contributed by atoms with E-state index in [1.54, 1.807) is 11.3 Å². The standard InChI is InChI=1S/C15H18ClNO4S2/c1-3-21-11(2)9-15-17(7-4-8-23(18,19)20)13-10-12(16)5-6-14(13)22-15/h5-6,9-10H,3-4,7-8H2,1-2H3/p+1. The van der Waals surface area contributed by atoms with Gasteiger partial charge in [0, 0.05) is 17.5 Å². The van der Waals surface area contributed by atoms with Crippen LogP contribution in [0.3, 0.4) is 0 Å². The van der Waals surface area contributed by atoms with E-state index >= 15 is 0 Å². The first-order valence-corrected chi connectivity index (χ1v) is 9.98. The van der Waals surface area contributed by atoms with Crippen LogP contribution in [0.2, 0.25) is 5.02 Å². The van der Waals surface area contributed by atoms with Gasteiger partial charge in [0.25, 0.3) is 15.1 Å². The van der Waals surface area contributed by atoms with E-state index in [1.807, 2.05) is 42.7 Å². The molecule has 0 aliphatic rings. The summed E-state index contributed by atoms with van der Waals surface area (Å²) in [5.41, 5.74) is 0.938. The Morgan fingerprint density at radius 3 is 2.87 bits per heavy atom. The maximum atomic E-state index is 10.9. The normalized spacial score (nSPS) is 12.8. The quantitative estimate of drug-likeness (QED) is 0.456. The van der Waals surface area contributed by atoms with E-state index in [9.17, 15) is 8.42 Å². The number of ether oxygens (including phenoxy) is 1. The minimum atomic E-state index is -3.96. The number of rotatable bonds is 7. The first kappa shape index (κ1) is 18.2. The number of halogens is 1. The van der Waals surface area contributed by atoms with Crippen molar-refractivity contribution in [2.24, 2.45) is 0 Å². The van der Waals surface area contributed by atoms with Gasteiger partial charge in [-0.25, -0.2) is 0 Å². The van der Waals surface area contributed by atoms with Gasteiger partial charge >= 0.3 is 0 Å². The Labute approximate surface area is 144 Å². The molecule has 8 heteroatoms. The van der Waals surface area contributed by atoms with Crippen LogP contribution in [-0.4, -0.2) is 25.3 Å². The number of hydrogen-bond acceptors (Lipinski definition) is 4. The number of thiazole rings is 1. The first-order chi connectivity index (χ1) is 10.8. The molecule has 1 aromatic carbocycles. The molecule has 0 radical (unpaired) electrons. The molecule has 0 aliphatic carbocycles. The fraction of sp³-hybridized carbons (Fsp3) is 0.400. The molecular formula is C15H19ClNO4S2+. The van der Waals surface area contributed by atoms with Gasteiger partial charge in [-0.1, -0.05) is 22.9 Å². The zero-order chi connectivity index (χ0) is 17.0. The second-order valence-corrected chi connectivity index (χ2v) is 8.10.